The number of hydrogen-bond acceptors (Lipinski definition) is 0. The minimum Gasteiger partial charge on any atom is -0.0619 e. The Bertz CT molecular complexity index is 1460. The van der Waals surface area contributed by atoms with Crippen molar-refractivity contribution in [2.75, 3.05) is 0 Å². The molecule has 0 N–H and O–H groups in total. The van der Waals surface area contributed by atoms with Crippen LogP contribution in [0.1, 0.15) is 22.3 Å². The lowest BCUT2D eigenvalue weighted by Crippen LogP contribution is -2.25. The smallest absolute Gasteiger partial charge is 0.0619 e. The third-order valence-corrected chi connectivity index (χ3v) is 7.66. The van der Waals surface area contributed by atoms with E-state index in [-0.39, 0.29) is 5.41 Å². The molecule has 0 nitrogen and oxygen atoms in total. The maximum Gasteiger partial charge on any atom is 0.0725 e. The van der Waals surface area contributed by atoms with Gasteiger partial charge in [0.15, 0.2) is 0 Å². The van der Waals surface area contributed by atoms with E-state index in [1.165, 1.54) is 55.3 Å². The fourth-order valence-electron chi connectivity index (χ4n) is 5.91. The van der Waals surface area contributed by atoms with Crippen LogP contribution in [-0.4, -0.2) is 0 Å². The summed E-state index contributed by atoms with van der Waals surface area (Å²) in [5.41, 5.74) is 10.7. The van der Waals surface area contributed by atoms with Crippen LogP contribution < -0.4 is 0 Å². The van der Waals surface area contributed by atoms with Crippen molar-refractivity contribution in [1.82, 2.24) is 0 Å². The molecule has 1 heteroatoms. The molecule has 0 aromatic heterocycles. The highest BCUT2D eigenvalue weighted by Crippen LogP contribution is 2.63. The van der Waals surface area contributed by atoms with Gasteiger partial charge in [-0.2, -0.15) is 0 Å². The summed E-state index contributed by atoms with van der Waals surface area (Å²) in [7, 11) is 0. The van der Waals surface area contributed by atoms with Crippen LogP contribution in [0.2, 0.25) is 0 Å². The summed E-state index contributed by atoms with van der Waals surface area (Å²) in [5, 5.41) is 2.58. The second kappa shape index (κ2) is 5.71. The second-order valence-electron chi connectivity index (χ2n) is 8.21. The molecule has 1 spiro atoms. The lowest BCUT2D eigenvalue weighted by molar-refractivity contribution is 0.794. The fraction of sp³-hybridized carbons (Fsp3) is 0.0345. The molecular weight excluding hydrogens is 428 g/mol. The number of hydrogen-bond donors (Lipinski definition) is 0. The van der Waals surface area contributed by atoms with Gasteiger partial charge in [0.25, 0.3) is 0 Å². The molecule has 2 aliphatic rings. The number of rotatable bonds is 0. The molecule has 0 unspecified atom stereocenters. The molecule has 5 aromatic rings. The molecule has 0 atom stereocenters. The Morgan fingerprint density at radius 1 is 0.433 bits per heavy atom. The van der Waals surface area contributed by atoms with E-state index in [2.05, 4.69) is 119 Å². The lowest BCUT2D eigenvalue weighted by Gasteiger charge is -2.30. The normalized spacial score (nSPS) is 14.4. The SMILES string of the molecule is Brc1cccc2c3c(ccc12)C1(c2ccccc2-c2ccccc21)c1ccccc1-3. The molecule has 0 radical (unpaired) electrons. The molecule has 0 fully saturated rings. The van der Waals surface area contributed by atoms with Crippen LogP contribution in [-0.2, 0) is 5.41 Å². The van der Waals surface area contributed by atoms with Gasteiger partial charge >= 0.3 is 0 Å². The van der Waals surface area contributed by atoms with Gasteiger partial charge in [-0.1, -0.05) is 113 Å². The van der Waals surface area contributed by atoms with Crippen molar-refractivity contribution in [3.05, 3.63) is 130 Å². The Morgan fingerprint density at radius 3 is 1.67 bits per heavy atom. The minimum absolute atomic E-state index is 0.254. The Kier molecular flexibility index (Phi) is 3.16. The van der Waals surface area contributed by atoms with Crippen LogP contribution in [0.3, 0.4) is 0 Å². The summed E-state index contributed by atoms with van der Waals surface area (Å²) in [4.78, 5) is 0. The van der Waals surface area contributed by atoms with Crippen molar-refractivity contribution in [2.45, 2.75) is 5.41 Å². The summed E-state index contributed by atoms with van der Waals surface area (Å²) < 4.78 is 1.15. The van der Waals surface area contributed by atoms with Gasteiger partial charge in [0, 0.05) is 4.47 Å². The van der Waals surface area contributed by atoms with Crippen LogP contribution in [0.5, 0.6) is 0 Å². The molecule has 30 heavy (non-hydrogen) atoms. The monoisotopic (exact) mass is 444 g/mol. The fourth-order valence-corrected chi connectivity index (χ4v) is 6.41. The van der Waals surface area contributed by atoms with Crippen LogP contribution in [0.4, 0.5) is 0 Å². The van der Waals surface area contributed by atoms with Gasteiger partial charge in [0.05, 0.1) is 5.41 Å². The van der Waals surface area contributed by atoms with Gasteiger partial charge < -0.3 is 0 Å². The van der Waals surface area contributed by atoms with Crippen molar-refractivity contribution in [3.63, 3.8) is 0 Å². The second-order valence-corrected chi connectivity index (χ2v) is 9.06. The highest BCUT2D eigenvalue weighted by atomic mass is 79.9. The van der Waals surface area contributed by atoms with Gasteiger partial charge in [0.1, 0.15) is 0 Å². The topological polar surface area (TPSA) is 0 Å². The van der Waals surface area contributed by atoms with Crippen LogP contribution in [0.25, 0.3) is 33.0 Å². The maximum absolute atomic E-state index is 3.77. The minimum atomic E-state index is -0.254. The van der Waals surface area contributed by atoms with Gasteiger partial charge in [-0.25, -0.2) is 0 Å². The molecule has 0 heterocycles. The van der Waals surface area contributed by atoms with Crippen LogP contribution in [0, 0.1) is 0 Å². The molecule has 140 valence electrons. The van der Waals surface area contributed by atoms with E-state index < -0.39 is 0 Å². The number of halogens is 1. The molecular formula is C29H17Br. The zero-order valence-corrected chi connectivity index (χ0v) is 17.8. The summed E-state index contributed by atoms with van der Waals surface area (Å²) in [6.07, 6.45) is 0. The zero-order chi connectivity index (χ0) is 19.9. The van der Waals surface area contributed by atoms with Gasteiger partial charge in [0.2, 0.25) is 0 Å². The molecule has 2 aliphatic carbocycles. The summed E-state index contributed by atoms with van der Waals surface area (Å²) in [6.45, 7) is 0. The van der Waals surface area contributed by atoms with Gasteiger partial charge in [-0.05, 0) is 61.3 Å². The summed E-state index contributed by atoms with van der Waals surface area (Å²) >= 11 is 3.77. The quantitative estimate of drug-likeness (QED) is 0.222. The van der Waals surface area contributed by atoms with E-state index in [0.29, 0.717) is 0 Å². The average Bonchev–Trinajstić information content (AvgIpc) is 3.27. The third kappa shape index (κ3) is 1.79. The summed E-state index contributed by atoms with van der Waals surface area (Å²) in [6, 6.07) is 38.1. The van der Waals surface area contributed by atoms with Crippen LogP contribution in [0.15, 0.2) is 108 Å². The van der Waals surface area contributed by atoms with Crippen molar-refractivity contribution in [2.24, 2.45) is 0 Å². The Balaban J connectivity index is 1.75. The molecule has 0 bridgehead atoms. The standard InChI is InChI=1S/C29H17Br/c30-27-15-7-11-21-20(27)16-17-26-28(21)22-10-3-6-14-25(22)29(26)23-12-4-1-8-18(23)19-9-2-5-13-24(19)29/h1-17H. The molecule has 7 rings (SSSR count). The molecule has 0 saturated heterocycles. The first-order chi connectivity index (χ1) is 14.8. The van der Waals surface area contributed by atoms with E-state index in [1.54, 1.807) is 0 Å². The van der Waals surface area contributed by atoms with E-state index in [4.69, 9.17) is 0 Å². The van der Waals surface area contributed by atoms with Crippen LogP contribution >= 0.6 is 15.9 Å². The van der Waals surface area contributed by atoms with Crippen molar-refractivity contribution < 1.29 is 0 Å². The Labute approximate surface area is 184 Å². The first kappa shape index (κ1) is 16.6. The van der Waals surface area contributed by atoms with E-state index in [1.807, 2.05) is 0 Å². The third-order valence-electron chi connectivity index (χ3n) is 6.96. The zero-order valence-electron chi connectivity index (χ0n) is 16.2. The first-order valence-electron chi connectivity index (χ1n) is 10.3. The van der Waals surface area contributed by atoms with Gasteiger partial charge in [-0.3, -0.25) is 0 Å². The first-order valence-corrected chi connectivity index (χ1v) is 11.1. The number of fused-ring (bicyclic) bond motifs is 12. The van der Waals surface area contributed by atoms with Gasteiger partial charge in [-0.15, -0.1) is 0 Å². The number of benzene rings is 5. The van der Waals surface area contributed by atoms with Crippen molar-refractivity contribution >= 4 is 26.7 Å². The average molecular weight is 445 g/mol. The largest absolute Gasteiger partial charge is 0.0725 e. The summed E-state index contributed by atoms with van der Waals surface area (Å²) in [5.74, 6) is 0. The molecule has 0 amide bonds. The Morgan fingerprint density at radius 2 is 1.00 bits per heavy atom. The van der Waals surface area contributed by atoms with E-state index in [9.17, 15) is 0 Å². The predicted molar refractivity (Wildman–Crippen MR) is 128 cm³/mol. The maximum atomic E-state index is 3.77. The highest BCUT2D eigenvalue weighted by molar-refractivity contribution is 9.10. The molecule has 0 aliphatic heterocycles. The van der Waals surface area contributed by atoms with Crippen molar-refractivity contribution in [1.29, 1.82) is 0 Å². The van der Waals surface area contributed by atoms with E-state index in [0.717, 1.165) is 4.47 Å². The highest BCUT2D eigenvalue weighted by Gasteiger charge is 2.51. The lowest BCUT2D eigenvalue weighted by atomic mass is 9.70. The molecule has 0 saturated carbocycles. The van der Waals surface area contributed by atoms with Crippen molar-refractivity contribution in [3.8, 4) is 22.3 Å². The Hall–Kier alpha value is -3.16. The molecule has 5 aromatic carbocycles. The predicted octanol–water partition coefficient (Wildman–Crippen LogP) is 7.95. The van der Waals surface area contributed by atoms with E-state index >= 15 is 0 Å².